The van der Waals surface area contributed by atoms with Crippen molar-refractivity contribution in [2.24, 2.45) is 0 Å². The number of H-pyrrole nitrogens is 1. The Labute approximate surface area is 158 Å². The molecule has 8 nitrogen and oxygen atoms in total. The molecule has 0 spiro atoms. The van der Waals surface area contributed by atoms with Crippen LogP contribution in [0.3, 0.4) is 0 Å². The van der Waals surface area contributed by atoms with Gasteiger partial charge in [-0.15, -0.1) is 0 Å². The van der Waals surface area contributed by atoms with Gasteiger partial charge in [-0.1, -0.05) is 12.1 Å². The van der Waals surface area contributed by atoms with Gasteiger partial charge in [0.1, 0.15) is 11.3 Å². The maximum atomic E-state index is 12.7. The average Bonchev–Trinajstić information content (AvgIpc) is 3.16. The van der Waals surface area contributed by atoms with E-state index < -0.39 is 17.5 Å². The lowest BCUT2D eigenvalue weighted by Gasteiger charge is -2.30. The van der Waals surface area contributed by atoms with Crippen molar-refractivity contribution >= 4 is 12.0 Å². The number of ether oxygens (including phenoxy) is 1. The van der Waals surface area contributed by atoms with E-state index in [-0.39, 0.29) is 6.42 Å². The van der Waals surface area contributed by atoms with Crippen LogP contribution in [-0.2, 0) is 17.6 Å². The number of hydrogen-bond donors (Lipinski definition) is 3. The molecular weight excluding hydrogens is 348 g/mol. The number of aliphatic carboxylic acids is 1. The van der Waals surface area contributed by atoms with Crippen molar-refractivity contribution in [3.05, 3.63) is 48.0 Å². The lowest BCUT2D eigenvalue weighted by molar-refractivity contribution is -0.143. The zero-order valence-corrected chi connectivity index (χ0v) is 15.9. The number of aromatic amines is 1. The summed E-state index contributed by atoms with van der Waals surface area (Å²) in [5.41, 5.74) is 0.287. The number of carbonyl (C=O) groups is 2. The number of methoxy groups -OCH3 is 1. The van der Waals surface area contributed by atoms with Gasteiger partial charge in [0.25, 0.3) is 0 Å². The normalized spacial score (nSPS) is 12.9. The Morgan fingerprint density at radius 3 is 2.56 bits per heavy atom. The highest BCUT2D eigenvalue weighted by atomic mass is 16.5. The number of nitrogens with one attached hydrogen (secondary N) is 2. The van der Waals surface area contributed by atoms with Gasteiger partial charge in [-0.3, -0.25) is 0 Å². The summed E-state index contributed by atoms with van der Waals surface area (Å²) in [4.78, 5) is 33.0. The second-order valence-corrected chi connectivity index (χ2v) is 6.50. The molecule has 8 heteroatoms. The van der Waals surface area contributed by atoms with Crippen LogP contribution in [0.15, 0.2) is 36.8 Å². The number of hydrogen-bond acceptors (Lipinski definition) is 4. The summed E-state index contributed by atoms with van der Waals surface area (Å²) in [5.74, 6) is -0.396. The van der Waals surface area contributed by atoms with Gasteiger partial charge < -0.3 is 25.0 Å². The maximum absolute atomic E-state index is 12.7. The highest BCUT2D eigenvalue weighted by molar-refractivity contribution is 5.86. The lowest BCUT2D eigenvalue weighted by atomic mass is 9.93. The fraction of sp³-hybridized carbons (Fsp3) is 0.421. The molecule has 0 fully saturated rings. The molecule has 1 aromatic heterocycles. The third kappa shape index (κ3) is 5.47. The van der Waals surface area contributed by atoms with Gasteiger partial charge in [-0.25, -0.2) is 14.6 Å². The molecule has 0 aliphatic carbocycles. The predicted molar refractivity (Wildman–Crippen MR) is 101 cm³/mol. The zero-order valence-electron chi connectivity index (χ0n) is 15.9. The van der Waals surface area contributed by atoms with E-state index in [4.69, 9.17) is 4.74 Å². The maximum Gasteiger partial charge on any atom is 0.329 e. The van der Waals surface area contributed by atoms with E-state index in [1.54, 1.807) is 48.8 Å². The number of amides is 2. The van der Waals surface area contributed by atoms with Crippen LogP contribution in [0, 0.1) is 0 Å². The SMILES string of the molecule is CCN(CCc1cnc[nH]1)C(=O)NC(C)(Cc1ccc(OC)cc1)C(=O)O. The van der Waals surface area contributed by atoms with Crippen molar-refractivity contribution < 1.29 is 19.4 Å². The van der Waals surface area contributed by atoms with Crippen LogP contribution in [0.25, 0.3) is 0 Å². The number of likely N-dealkylation sites (N-methyl/N-ethyl adjacent to an activating group) is 1. The molecule has 1 unspecified atom stereocenters. The summed E-state index contributed by atoms with van der Waals surface area (Å²) in [6.07, 6.45) is 4.07. The molecule has 3 N–H and O–H groups in total. The van der Waals surface area contributed by atoms with Gasteiger partial charge in [0, 0.05) is 37.8 Å². The number of carboxylic acids is 1. The number of benzene rings is 1. The quantitative estimate of drug-likeness (QED) is 0.623. The number of aromatic nitrogens is 2. The van der Waals surface area contributed by atoms with Crippen molar-refractivity contribution in [3.63, 3.8) is 0 Å². The van der Waals surface area contributed by atoms with Crippen LogP contribution in [-0.4, -0.2) is 57.7 Å². The van der Waals surface area contributed by atoms with E-state index in [0.29, 0.717) is 25.3 Å². The Kier molecular flexibility index (Phi) is 6.81. The van der Waals surface area contributed by atoms with Crippen LogP contribution >= 0.6 is 0 Å². The number of rotatable bonds is 9. The van der Waals surface area contributed by atoms with Crippen molar-refractivity contribution in [1.82, 2.24) is 20.2 Å². The first-order valence-electron chi connectivity index (χ1n) is 8.78. The van der Waals surface area contributed by atoms with E-state index in [1.165, 1.54) is 6.92 Å². The summed E-state index contributed by atoms with van der Waals surface area (Å²) in [7, 11) is 1.57. The molecule has 2 amide bonds. The van der Waals surface area contributed by atoms with Gasteiger partial charge >= 0.3 is 12.0 Å². The molecule has 1 aromatic carbocycles. The largest absolute Gasteiger partial charge is 0.497 e. The molecule has 0 aliphatic rings. The molecule has 27 heavy (non-hydrogen) atoms. The van der Waals surface area contributed by atoms with Crippen molar-refractivity contribution in [2.75, 3.05) is 20.2 Å². The molecule has 0 radical (unpaired) electrons. The van der Waals surface area contributed by atoms with Gasteiger partial charge in [0.05, 0.1) is 13.4 Å². The molecular formula is C19H26N4O4. The van der Waals surface area contributed by atoms with Crippen LogP contribution in [0.2, 0.25) is 0 Å². The average molecular weight is 374 g/mol. The third-order valence-corrected chi connectivity index (χ3v) is 4.45. The Hall–Kier alpha value is -3.03. The second kappa shape index (κ2) is 9.07. The first kappa shape index (κ1) is 20.3. The lowest BCUT2D eigenvalue weighted by Crippen LogP contribution is -2.57. The molecule has 0 saturated carbocycles. The molecule has 0 bridgehead atoms. The first-order chi connectivity index (χ1) is 12.9. The van der Waals surface area contributed by atoms with Crippen LogP contribution in [0.5, 0.6) is 5.75 Å². The summed E-state index contributed by atoms with van der Waals surface area (Å²) >= 11 is 0. The van der Waals surface area contributed by atoms with Crippen molar-refractivity contribution in [2.45, 2.75) is 32.2 Å². The summed E-state index contributed by atoms with van der Waals surface area (Å²) in [6.45, 7) is 4.30. The monoisotopic (exact) mass is 374 g/mol. The summed E-state index contributed by atoms with van der Waals surface area (Å²) in [6, 6.07) is 6.71. The molecule has 2 aromatic rings. The Bertz CT molecular complexity index is 746. The molecule has 1 atom stereocenters. The van der Waals surface area contributed by atoms with Crippen molar-refractivity contribution in [3.8, 4) is 5.75 Å². The number of nitrogens with zero attached hydrogens (tertiary/aromatic N) is 2. The highest BCUT2D eigenvalue weighted by Crippen LogP contribution is 2.18. The Morgan fingerprint density at radius 2 is 2.04 bits per heavy atom. The standard InChI is InChI=1S/C19H26N4O4/c1-4-23(10-9-15-12-20-13-21-15)18(26)22-19(2,17(24)25)11-14-5-7-16(27-3)8-6-14/h5-8,12-13H,4,9-11H2,1-3H3,(H,20,21)(H,22,26)(H,24,25). The third-order valence-electron chi connectivity index (χ3n) is 4.45. The van der Waals surface area contributed by atoms with E-state index in [9.17, 15) is 14.7 Å². The minimum Gasteiger partial charge on any atom is -0.497 e. The molecule has 1 heterocycles. The minimum absolute atomic E-state index is 0.163. The van der Waals surface area contributed by atoms with Crippen molar-refractivity contribution in [1.29, 1.82) is 0 Å². The topological polar surface area (TPSA) is 108 Å². The van der Waals surface area contributed by atoms with Crippen LogP contribution in [0.1, 0.15) is 25.1 Å². The number of imidazole rings is 1. The van der Waals surface area contributed by atoms with E-state index in [1.807, 2.05) is 6.92 Å². The molecule has 0 saturated heterocycles. The second-order valence-electron chi connectivity index (χ2n) is 6.50. The Morgan fingerprint density at radius 1 is 1.33 bits per heavy atom. The van der Waals surface area contributed by atoms with Crippen LogP contribution < -0.4 is 10.1 Å². The molecule has 146 valence electrons. The van der Waals surface area contributed by atoms with E-state index >= 15 is 0 Å². The highest BCUT2D eigenvalue weighted by Gasteiger charge is 2.36. The fourth-order valence-electron chi connectivity index (χ4n) is 2.72. The molecule has 2 rings (SSSR count). The Balaban J connectivity index is 2.04. The predicted octanol–water partition coefficient (Wildman–Crippen LogP) is 2.08. The van der Waals surface area contributed by atoms with Gasteiger partial charge in [-0.2, -0.15) is 0 Å². The first-order valence-corrected chi connectivity index (χ1v) is 8.78. The van der Waals surface area contributed by atoms with E-state index in [0.717, 1.165) is 11.3 Å². The van der Waals surface area contributed by atoms with E-state index in [2.05, 4.69) is 15.3 Å². The molecule has 0 aliphatic heterocycles. The van der Waals surface area contributed by atoms with Gasteiger partial charge in [0.2, 0.25) is 0 Å². The number of carbonyl (C=O) groups excluding carboxylic acids is 1. The van der Waals surface area contributed by atoms with Gasteiger partial charge in [-0.05, 0) is 31.5 Å². The number of urea groups is 1. The minimum atomic E-state index is -1.42. The van der Waals surface area contributed by atoms with Gasteiger partial charge in [0.15, 0.2) is 0 Å². The summed E-state index contributed by atoms with van der Waals surface area (Å²) < 4.78 is 5.12. The zero-order chi connectivity index (χ0) is 19.9. The number of carboxylic acid groups (broad SMARTS) is 1. The van der Waals surface area contributed by atoms with Crippen LogP contribution in [0.4, 0.5) is 4.79 Å². The fourth-order valence-corrected chi connectivity index (χ4v) is 2.72. The summed E-state index contributed by atoms with van der Waals surface area (Å²) in [5, 5.41) is 12.4. The smallest absolute Gasteiger partial charge is 0.329 e.